The molecule has 0 aliphatic rings. The van der Waals surface area contributed by atoms with Crippen LogP contribution in [0.2, 0.25) is 0 Å². The maximum absolute atomic E-state index is 9.43. The number of hydrogen-bond donors (Lipinski definition) is 3. The second kappa shape index (κ2) is 5.55. The number of phenols is 1. The minimum Gasteiger partial charge on any atom is -0.508 e. The maximum Gasteiger partial charge on any atom is 0.118 e. The van der Waals surface area contributed by atoms with Crippen molar-refractivity contribution in [2.45, 2.75) is 20.0 Å². The van der Waals surface area contributed by atoms with Gasteiger partial charge in [0.25, 0.3) is 0 Å². The summed E-state index contributed by atoms with van der Waals surface area (Å²) in [6, 6.07) is 5.40. The van der Waals surface area contributed by atoms with Gasteiger partial charge in [0.1, 0.15) is 5.75 Å². The van der Waals surface area contributed by atoms with Crippen molar-refractivity contribution < 1.29 is 10.2 Å². The Morgan fingerprint density at radius 3 is 2.94 bits per heavy atom. The lowest BCUT2D eigenvalue weighted by Gasteiger charge is -2.06. The van der Waals surface area contributed by atoms with E-state index in [1.54, 1.807) is 16.9 Å². The topological polar surface area (TPSA) is 70.3 Å². The van der Waals surface area contributed by atoms with Crippen molar-refractivity contribution in [3.05, 3.63) is 41.7 Å². The number of phenolic OH excluding ortho intramolecular Hbond substituents is 1. The molecule has 1 heterocycles. The summed E-state index contributed by atoms with van der Waals surface area (Å²) in [7, 11) is 0. The summed E-state index contributed by atoms with van der Waals surface area (Å²) in [6.07, 6.45) is 3.67. The molecule has 0 unspecified atom stereocenters. The third-order valence-corrected chi connectivity index (χ3v) is 2.71. The van der Waals surface area contributed by atoms with Crippen LogP contribution in [-0.4, -0.2) is 26.6 Å². The second-order valence-electron chi connectivity index (χ2n) is 4.19. The fourth-order valence-corrected chi connectivity index (χ4v) is 1.69. The van der Waals surface area contributed by atoms with E-state index >= 15 is 0 Å². The molecule has 2 aromatic rings. The monoisotopic (exact) mass is 247 g/mol. The zero-order chi connectivity index (χ0) is 13.0. The number of nitrogens with zero attached hydrogens (tertiary/aromatic N) is 2. The van der Waals surface area contributed by atoms with Crippen molar-refractivity contribution in [1.29, 1.82) is 0 Å². The van der Waals surface area contributed by atoms with Crippen LogP contribution in [0.1, 0.15) is 11.1 Å². The summed E-state index contributed by atoms with van der Waals surface area (Å²) in [4.78, 5) is 0. The van der Waals surface area contributed by atoms with E-state index in [4.69, 9.17) is 5.11 Å². The Morgan fingerprint density at radius 1 is 1.39 bits per heavy atom. The molecular weight excluding hydrogens is 230 g/mol. The van der Waals surface area contributed by atoms with Crippen molar-refractivity contribution in [2.24, 2.45) is 0 Å². The molecule has 0 fully saturated rings. The molecule has 1 aromatic heterocycles. The number of aromatic hydroxyl groups is 1. The van der Waals surface area contributed by atoms with E-state index < -0.39 is 0 Å². The normalized spacial score (nSPS) is 10.6. The third-order valence-electron chi connectivity index (χ3n) is 2.71. The molecule has 0 bridgehead atoms. The number of aryl methyl sites for hydroxylation is 1. The van der Waals surface area contributed by atoms with Crippen LogP contribution in [0.15, 0.2) is 30.6 Å². The molecule has 0 spiro atoms. The lowest BCUT2D eigenvalue weighted by Crippen LogP contribution is -2.02. The molecule has 1 aromatic carbocycles. The average Bonchev–Trinajstić information content (AvgIpc) is 2.79. The first kappa shape index (κ1) is 12.4. The summed E-state index contributed by atoms with van der Waals surface area (Å²) in [6.45, 7) is 3.12. The van der Waals surface area contributed by atoms with Crippen LogP contribution in [-0.2, 0) is 13.1 Å². The summed E-state index contributed by atoms with van der Waals surface area (Å²) in [5, 5.41) is 25.6. The van der Waals surface area contributed by atoms with Gasteiger partial charge in [-0.05, 0) is 30.7 Å². The van der Waals surface area contributed by atoms with Gasteiger partial charge in [-0.15, -0.1) is 0 Å². The lowest BCUT2D eigenvalue weighted by molar-refractivity contribution is 0.269. The highest BCUT2D eigenvalue weighted by molar-refractivity contribution is 5.50. The van der Waals surface area contributed by atoms with Gasteiger partial charge in [-0.3, -0.25) is 4.68 Å². The Balaban J connectivity index is 1.95. The average molecular weight is 247 g/mol. The van der Waals surface area contributed by atoms with E-state index in [9.17, 15) is 5.11 Å². The first-order valence-corrected chi connectivity index (χ1v) is 5.84. The Morgan fingerprint density at radius 2 is 2.22 bits per heavy atom. The first-order chi connectivity index (χ1) is 8.69. The Hall–Kier alpha value is -2.01. The lowest BCUT2D eigenvalue weighted by atomic mass is 10.2. The van der Waals surface area contributed by atoms with Crippen molar-refractivity contribution in [3.8, 4) is 5.75 Å². The molecule has 0 aliphatic heterocycles. The van der Waals surface area contributed by atoms with Crippen molar-refractivity contribution >= 4 is 5.69 Å². The van der Waals surface area contributed by atoms with Gasteiger partial charge in [-0.25, -0.2) is 0 Å². The number of aliphatic hydroxyl groups excluding tert-OH is 1. The molecule has 18 heavy (non-hydrogen) atoms. The highest BCUT2D eigenvalue weighted by Gasteiger charge is 2.00. The Labute approximate surface area is 106 Å². The van der Waals surface area contributed by atoms with Crippen LogP contribution in [0, 0.1) is 6.92 Å². The smallest absolute Gasteiger partial charge is 0.118 e. The maximum atomic E-state index is 9.43. The Bertz CT molecular complexity index is 523. The molecule has 0 amide bonds. The molecule has 0 aliphatic carbocycles. The number of hydrogen-bond acceptors (Lipinski definition) is 4. The van der Waals surface area contributed by atoms with Crippen LogP contribution in [0.4, 0.5) is 5.69 Å². The minimum atomic E-state index is 0.0890. The quantitative estimate of drug-likeness (QED) is 0.700. The summed E-state index contributed by atoms with van der Waals surface area (Å²) in [5.41, 5.74) is 2.85. The summed E-state index contributed by atoms with van der Waals surface area (Å²) in [5.74, 6) is 0.302. The number of rotatable bonds is 5. The fraction of sp³-hybridized carbons (Fsp3) is 0.308. The highest BCUT2D eigenvalue weighted by atomic mass is 16.3. The second-order valence-corrected chi connectivity index (χ2v) is 4.19. The fourth-order valence-electron chi connectivity index (χ4n) is 1.69. The van der Waals surface area contributed by atoms with Gasteiger partial charge < -0.3 is 15.5 Å². The SMILES string of the molecule is Cc1cc(NCc2cnn(CCO)c2)ccc1O. The van der Waals surface area contributed by atoms with Crippen LogP contribution >= 0.6 is 0 Å². The standard InChI is InChI=1S/C13H17N3O2/c1-10-6-12(2-3-13(10)18)14-7-11-8-15-16(9-11)4-5-17/h2-3,6,8-9,14,17-18H,4-5,7H2,1H3. The number of aliphatic hydroxyl groups is 1. The summed E-state index contributed by atoms with van der Waals surface area (Å²) >= 11 is 0. The highest BCUT2D eigenvalue weighted by Crippen LogP contribution is 2.20. The van der Waals surface area contributed by atoms with E-state index in [2.05, 4.69) is 10.4 Å². The zero-order valence-electron chi connectivity index (χ0n) is 10.3. The van der Waals surface area contributed by atoms with E-state index in [1.807, 2.05) is 25.3 Å². The molecule has 5 heteroatoms. The van der Waals surface area contributed by atoms with E-state index in [0.717, 1.165) is 16.8 Å². The molecule has 2 rings (SSSR count). The van der Waals surface area contributed by atoms with Gasteiger partial charge in [0, 0.05) is 24.0 Å². The van der Waals surface area contributed by atoms with Crippen molar-refractivity contribution in [1.82, 2.24) is 9.78 Å². The van der Waals surface area contributed by atoms with Gasteiger partial charge in [0.15, 0.2) is 0 Å². The molecule has 5 nitrogen and oxygen atoms in total. The van der Waals surface area contributed by atoms with E-state index in [0.29, 0.717) is 18.8 Å². The zero-order valence-corrected chi connectivity index (χ0v) is 10.3. The predicted octanol–water partition coefficient (Wildman–Crippen LogP) is 1.50. The van der Waals surface area contributed by atoms with Crippen LogP contribution in [0.3, 0.4) is 0 Å². The van der Waals surface area contributed by atoms with E-state index in [-0.39, 0.29) is 6.61 Å². The molecule has 0 radical (unpaired) electrons. The van der Waals surface area contributed by atoms with Gasteiger partial charge in [0.05, 0.1) is 19.3 Å². The van der Waals surface area contributed by atoms with Gasteiger partial charge in [-0.2, -0.15) is 5.10 Å². The van der Waals surface area contributed by atoms with Crippen LogP contribution in [0.5, 0.6) is 5.75 Å². The van der Waals surface area contributed by atoms with Gasteiger partial charge in [-0.1, -0.05) is 0 Å². The number of benzene rings is 1. The van der Waals surface area contributed by atoms with Gasteiger partial charge >= 0.3 is 0 Å². The number of aromatic nitrogens is 2. The van der Waals surface area contributed by atoms with Crippen molar-refractivity contribution in [3.63, 3.8) is 0 Å². The van der Waals surface area contributed by atoms with Crippen LogP contribution < -0.4 is 5.32 Å². The molecule has 3 N–H and O–H groups in total. The number of anilines is 1. The first-order valence-electron chi connectivity index (χ1n) is 5.84. The largest absolute Gasteiger partial charge is 0.508 e. The molecule has 0 atom stereocenters. The predicted molar refractivity (Wildman–Crippen MR) is 69.5 cm³/mol. The van der Waals surface area contributed by atoms with Gasteiger partial charge in [0.2, 0.25) is 0 Å². The molecular formula is C13H17N3O2. The summed E-state index contributed by atoms with van der Waals surface area (Å²) < 4.78 is 1.71. The van der Waals surface area contributed by atoms with Crippen LogP contribution in [0.25, 0.3) is 0 Å². The third kappa shape index (κ3) is 3.01. The Kier molecular flexibility index (Phi) is 3.84. The number of nitrogens with one attached hydrogen (secondary N) is 1. The molecule has 0 saturated carbocycles. The van der Waals surface area contributed by atoms with E-state index in [1.165, 1.54) is 0 Å². The van der Waals surface area contributed by atoms with Crippen molar-refractivity contribution in [2.75, 3.05) is 11.9 Å². The minimum absolute atomic E-state index is 0.0890. The molecule has 0 saturated heterocycles. The molecule has 96 valence electrons.